The number of nitrogens with one attached hydrogen (secondary N) is 1. The molecule has 0 radical (unpaired) electrons. The molecule has 2 aromatic heterocycles. The lowest BCUT2D eigenvalue weighted by Gasteiger charge is -2.21. The molecule has 210 valence electrons. The number of carbonyl (C=O) groups excluding carboxylic acids is 1. The third-order valence-electron chi connectivity index (χ3n) is 7.77. The number of nitrogens with zero attached hydrogens (tertiary/aromatic N) is 2. The van der Waals surface area contributed by atoms with Crippen LogP contribution in [0.4, 0.5) is 13.2 Å². The van der Waals surface area contributed by atoms with Crippen molar-refractivity contribution in [1.82, 2.24) is 9.97 Å². The number of fused-ring (bicyclic) bond motifs is 2. The molecule has 0 bridgehead atoms. The van der Waals surface area contributed by atoms with E-state index in [9.17, 15) is 18.0 Å². The van der Waals surface area contributed by atoms with Crippen LogP contribution in [0.1, 0.15) is 61.2 Å². The van der Waals surface area contributed by atoms with Crippen LogP contribution >= 0.6 is 21.6 Å². The fourth-order valence-electron chi connectivity index (χ4n) is 5.54. The van der Waals surface area contributed by atoms with Crippen molar-refractivity contribution < 1.29 is 27.3 Å². The van der Waals surface area contributed by atoms with Gasteiger partial charge in [-0.1, -0.05) is 44.8 Å². The van der Waals surface area contributed by atoms with Gasteiger partial charge in [0.1, 0.15) is 17.0 Å². The average molecular weight is 587 g/mol. The first kappa shape index (κ1) is 28.5. The van der Waals surface area contributed by atoms with Crippen LogP contribution in [-0.4, -0.2) is 22.9 Å². The Hall–Kier alpha value is -2.98. The van der Waals surface area contributed by atoms with Gasteiger partial charge in [0.2, 0.25) is 0 Å². The molecule has 0 fully saturated rings. The van der Waals surface area contributed by atoms with E-state index in [0.29, 0.717) is 23.0 Å². The van der Waals surface area contributed by atoms with Crippen molar-refractivity contribution in [3.05, 3.63) is 82.2 Å². The summed E-state index contributed by atoms with van der Waals surface area (Å²) in [5.74, 6) is 2.61. The Morgan fingerprint density at radius 1 is 1.00 bits per heavy atom. The maximum absolute atomic E-state index is 13.1. The summed E-state index contributed by atoms with van der Waals surface area (Å²) in [5, 5.41) is 0. The molecule has 4 aromatic rings. The van der Waals surface area contributed by atoms with Gasteiger partial charge in [-0.2, -0.15) is 13.2 Å². The summed E-state index contributed by atoms with van der Waals surface area (Å²) in [7, 11) is 4.68. The first-order valence-corrected chi connectivity index (χ1v) is 15.3. The molecule has 0 unspecified atom stereocenters. The molecular weight excluding hydrogens is 555 g/mol. The molecule has 0 amide bonds. The largest absolute Gasteiger partial charge is 0.496 e. The highest BCUT2D eigenvalue weighted by Crippen LogP contribution is 2.47. The van der Waals surface area contributed by atoms with Crippen LogP contribution in [0.25, 0.3) is 17.0 Å². The predicted molar refractivity (Wildman–Crippen MR) is 154 cm³/mol. The second kappa shape index (κ2) is 10.1. The molecule has 1 aliphatic rings. The van der Waals surface area contributed by atoms with Crippen LogP contribution in [0.5, 0.6) is 5.75 Å². The molecule has 0 aliphatic heterocycles. The van der Waals surface area contributed by atoms with Gasteiger partial charge in [-0.3, -0.25) is 4.79 Å². The first-order valence-electron chi connectivity index (χ1n) is 12.8. The zero-order valence-electron chi connectivity index (χ0n) is 23.2. The van der Waals surface area contributed by atoms with Crippen LogP contribution in [-0.2, 0) is 33.3 Å². The Labute approximate surface area is 239 Å². The molecule has 1 N–H and O–H groups in total. The zero-order chi connectivity index (χ0) is 29.0. The number of hydrogen-bond acceptors (Lipinski definition) is 5. The van der Waals surface area contributed by atoms with E-state index >= 15 is 0 Å². The van der Waals surface area contributed by atoms with Gasteiger partial charge in [0.25, 0.3) is 0 Å². The van der Waals surface area contributed by atoms with Crippen molar-refractivity contribution in [3.63, 3.8) is 0 Å². The van der Waals surface area contributed by atoms with Gasteiger partial charge in [-0.25, -0.2) is 9.55 Å². The van der Waals surface area contributed by atoms with E-state index in [-0.39, 0.29) is 5.78 Å². The van der Waals surface area contributed by atoms with E-state index in [2.05, 4.69) is 4.98 Å². The van der Waals surface area contributed by atoms with Gasteiger partial charge in [-0.05, 0) is 69.5 Å². The number of benzene rings is 2. The Bertz CT molecular complexity index is 1570. The molecule has 2 aromatic carbocycles. The second-order valence-corrected chi connectivity index (χ2v) is 13.6. The Balaban J connectivity index is 1.44. The molecule has 0 saturated heterocycles. The van der Waals surface area contributed by atoms with Crippen molar-refractivity contribution in [2.75, 3.05) is 7.11 Å². The van der Waals surface area contributed by atoms with Gasteiger partial charge in [0, 0.05) is 28.2 Å². The molecule has 2 heterocycles. The van der Waals surface area contributed by atoms with Crippen molar-refractivity contribution in [2.45, 2.75) is 63.1 Å². The fourth-order valence-corrected chi connectivity index (χ4v) is 7.73. The lowest BCUT2D eigenvalue weighted by atomic mass is 9.80. The molecule has 40 heavy (non-hydrogen) atoms. The highest BCUT2D eigenvalue weighted by molar-refractivity contribution is 8.76. The van der Waals surface area contributed by atoms with Gasteiger partial charge < -0.3 is 4.74 Å². The molecule has 0 spiro atoms. The van der Waals surface area contributed by atoms with Crippen molar-refractivity contribution in [3.8, 4) is 11.7 Å². The Morgan fingerprint density at radius 2 is 1.68 bits per heavy atom. The number of methoxy groups -OCH3 is 1. The second-order valence-electron chi connectivity index (χ2n) is 11.1. The third-order valence-corrected chi connectivity index (χ3v) is 9.98. The minimum Gasteiger partial charge on any atom is -0.496 e. The maximum atomic E-state index is 13.1. The van der Waals surface area contributed by atoms with Crippen LogP contribution in [0, 0.1) is 6.92 Å². The summed E-state index contributed by atoms with van der Waals surface area (Å²) < 4.78 is 46.8. The number of Topliss-reactive ketones (excluding diaryl/α,β-unsaturated/α-hetero) is 1. The molecule has 5 rings (SSSR count). The van der Waals surface area contributed by atoms with Crippen molar-refractivity contribution in [2.24, 2.45) is 0 Å². The summed E-state index contributed by atoms with van der Waals surface area (Å²) in [6.45, 7) is 9.86. The predicted octanol–water partition coefficient (Wildman–Crippen LogP) is 7.39. The molecule has 10 heteroatoms. The topological polar surface area (TPSA) is 58.9 Å². The number of aromatic amines is 1. The van der Waals surface area contributed by atoms with E-state index in [0.717, 1.165) is 45.2 Å². The number of rotatable bonds is 7. The van der Waals surface area contributed by atoms with E-state index in [1.807, 2.05) is 63.6 Å². The fraction of sp³-hybridized carbons (Fsp3) is 0.367. The number of pyridine rings is 1. The van der Waals surface area contributed by atoms with Crippen molar-refractivity contribution >= 4 is 38.4 Å². The average Bonchev–Trinajstić information content (AvgIpc) is 3.37. The molecule has 0 saturated carbocycles. The lowest BCUT2D eigenvalue weighted by molar-refractivity contribution is -0.610. The molecule has 5 nitrogen and oxygen atoms in total. The van der Waals surface area contributed by atoms with Crippen LogP contribution in [0.3, 0.4) is 0 Å². The number of H-pyrrole nitrogens is 1. The van der Waals surface area contributed by atoms with E-state index in [4.69, 9.17) is 9.72 Å². The highest BCUT2D eigenvalue weighted by Gasteiger charge is 2.51. The Kier molecular flexibility index (Phi) is 7.23. The Morgan fingerprint density at radius 3 is 2.35 bits per heavy atom. The minimum atomic E-state index is -4.36. The smallest absolute Gasteiger partial charge is 0.416 e. The summed E-state index contributed by atoms with van der Waals surface area (Å²) in [4.78, 5) is 21.5. The maximum Gasteiger partial charge on any atom is 0.416 e. The lowest BCUT2D eigenvalue weighted by Crippen LogP contribution is -2.37. The van der Waals surface area contributed by atoms with Gasteiger partial charge in [-0.15, -0.1) is 0 Å². The number of ether oxygens (including phenoxy) is 1. The van der Waals surface area contributed by atoms with Gasteiger partial charge in [0.05, 0.1) is 24.6 Å². The number of alkyl halides is 3. The number of aromatic nitrogens is 3. The summed E-state index contributed by atoms with van der Waals surface area (Å²) in [6.07, 6.45) is -2.45. The summed E-state index contributed by atoms with van der Waals surface area (Å²) >= 11 is 0. The van der Waals surface area contributed by atoms with E-state index in [1.54, 1.807) is 24.0 Å². The van der Waals surface area contributed by atoms with E-state index < -0.39 is 22.6 Å². The standard InChI is InChI=1S/C30H31F3N3O2S2/c1-17-24(16-40-39-15-18-8-7-9-19(12-18)30(31,32)33)36(11-10-25(17)38-6)27-34-22-13-20-21(14-23(22)35-27)29(4,5)26(37)28(20,2)3/h7-14H,15-16H2,1-6H3,(H,34,35)/q+1. The minimum absolute atomic E-state index is 0.199. The third kappa shape index (κ3) is 4.89. The van der Waals surface area contributed by atoms with E-state index in [1.165, 1.54) is 22.9 Å². The SMILES string of the molecule is COc1cc[n+](-c2nc3cc4c(cc3[nH]2)C(C)(C)C(=O)C4(C)C)c(CSSCc2cccc(C(F)(F)F)c2)c1C. The van der Waals surface area contributed by atoms with Crippen LogP contribution in [0.2, 0.25) is 0 Å². The highest BCUT2D eigenvalue weighted by atomic mass is 33.1. The zero-order valence-corrected chi connectivity index (χ0v) is 24.8. The van der Waals surface area contributed by atoms with Crippen LogP contribution in [0.15, 0.2) is 48.7 Å². The van der Waals surface area contributed by atoms with Crippen molar-refractivity contribution in [1.29, 1.82) is 0 Å². The molecular formula is C30H31F3N3O2S2+. The summed E-state index contributed by atoms with van der Waals surface area (Å²) in [6, 6.07) is 11.4. The normalized spacial score (nSPS) is 16.0. The monoisotopic (exact) mass is 586 g/mol. The van der Waals surface area contributed by atoms with Gasteiger partial charge in [0.15, 0.2) is 11.3 Å². The number of ketones is 1. The number of hydrogen-bond donors (Lipinski definition) is 1. The number of imidazole rings is 1. The van der Waals surface area contributed by atoms with Crippen LogP contribution < -0.4 is 9.30 Å². The number of carbonyl (C=O) groups is 1. The number of halogens is 3. The van der Waals surface area contributed by atoms with Gasteiger partial charge >= 0.3 is 12.1 Å². The molecule has 0 atom stereocenters. The summed E-state index contributed by atoms with van der Waals surface area (Å²) in [5.41, 5.74) is 4.39. The quantitative estimate of drug-likeness (QED) is 0.139. The molecule has 1 aliphatic carbocycles. The first-order chi connectivity index (χ1) is 18.7.